The van der Waals surface area contributed by atoms with E-state index in [2.05, 4.69) is 26.7 Å². The van der Waals surface area contributed by atoms with Crippen LogP contribution in [0, 0.1) is 5.82 Å². The summed E-state index contributed by atoms with van der Waals surface area (Å²) in [4.78, 5) is 32.4. The largest absolute Gasteiger partial charge is 0.456 e. The van der Waals surface area contributed by atoms with Crippen LogP contribution in [0.5, 0.6) is 6.01 Å². The van der Waals surface area contributed by atoms with Crippen LogP contribution in [-0.2, 0) is 9.53 Å². The van der Waals surface area contributed by atoms with Crippen LogP contribution in [0.1, 0.15) is 6.92 Å². The van der Waals surface area contributed by atoms with Gasteiger partial charge in [-0.1, -0.05) is 29.8 Å². The zero-order chi connectivity index (χ0) is 29.5. The number of aromatic amines is 1. The quantitative estimate of drug-likeness (QED) is 0.309. The number of carbonyl (C=O) groups excluding carboxylic acids is 1. The Kier molecular flexibility index (Phi) is 7.88. The fourth-order valence-electron chi connectivity index (χ4n) is 5.54. The molecule has 2 aliphatic rings. The summed E-state index contributed by atoms with van der Waals surface area (Å²) in [6.07, 6.45) is 2.42. The fourth-order valence-corrected chi connectivity index (χ4v) is 6.04. The molecule has 0 unspecified atom stereocenters. The van der Waals surface area contributed by atoms with Gasteiger partial charge in [0.15, 0.2) is 5.65 Å². The van der Waals surface area contributed by atoms with Crippen molar-refractivity contribution < 1.29 is 18.7 Å². The lowest BCUT2D eigenvalue weighted by Crippen LogP contribution is -2.48. The maximum absolute atomic E-state index is 14.8. The molecule has 0 aliphatic carbocycles. The summed E-state index contributed by atoms with van der Waals surface area (Å²) in [5.74, 6) is -0.182. The summed E-state index contributed by atoms with van der Waals surface area (Å²) in [6, 6.07) is 3.12. The first-order valence-electron chi connectivity index (χ1n) is 13.6. The Morgan fingerprint density at radius 3 is 2.64 bits per heavy atom. The highest BCUT2D eigenvalue weighted by molar-refractivity contribution is 6.38. The second-order valence-corrected chi connectivity index (χ2v) is 11.1. The van der Waals surface area contributed by atoms with Crippen LogP contribution in [0.4, 0.5) is 10.2 Å². The number of fused-ring (bicyclic) bond motifs is 2. The Balaban J connectivity index is 1.46. The summed E-state index contributed by atoms with van der Waals surface area (Å²) in [6.45, 7) is 9.46. The van der Waals surface area contributed by atoms with Crippen LogP contribution >= 0.6 is 23.2 Å². The number of aromatic nitrogens is 5. The third kappa shape index (κ3) is 5.24. The van der Waals surface area contributed by atoms with E-state index in [1.165, 1.54) is 12.1 Å². The molecule has 14 heteroatoms. The fraction of sp³-hybridized carbons (Fsp3) is 0.393. The zero-order valence-electron chi connectivity index (χ0n) is 23.1. The number of halogens is 3. The van der Waals surface area contributed by atoms with Gasteiger partial charge in [-0.3, -0.25) is 14.8 Å². The summed E-state index contributed by atoms with van der Waals surface area (Å²) in [5, 5.41) is 8.07. The topological polar surface area (TPSA) is 113 Å². The molecule has 2 atom stereocenters. The van der Waals surface area contributed by atoms with Crippen molar-refractivity contribution in [3.63, 3.8) is 0 Å². The molecule has 0 saturated carbocycles. The SMILES string of the molecule is C=CC(=O)N1CCN(c2nc(O[C@@H]3CN(C)C[C@H]3OCC)nc3nc(-c4c(Cl)c(F)cc5[nH]ncc45)c(Cl)cc23)CC1. The number of pyridine rings is 1. The van der Waals surface area contributed by atoms with Gasteiger partial charge in [-0.15, -0.1) is 0 Å². The van der Waals surface area contributed by atoms with Crippen molar-refractivity contribution in [3.05, 3.63) is 46.8 Å². The van der Waals surface area contributed by atoms with E-state index >= 15 is 0 Å². The Morgan fingerprint density at radius 2 is 1.90 bits per heavy atom. The van der Waals surface area contributed by atoms with E-state index in [4.69, 9.17) is 42.6 Å². The van der Waals surface area contributed by atoms with E-state index < -0.39 is 5.82 Å². The minimum absolute atomic E-state index is 0.120. The van der Waals surface area contributed by atoms with Crippen molar-refractivity contribution in [1.82, 2.24) is 34.9 Å². The van der Waals surface area contributed by atoms with E-state index in [0.29, 0.717) is 72.6 Å². The molecule has 11 nitrogen and oxygen atoms in total. The number of H-pyrrole nitrogens is 1. The average Bonchev–Trinajstić information content (AvgIpc) is 3.58. The van der Waals surface area contributed by atoms with Crippen molar-refractivity contribution in [2.45, 2.75) is 19.1 Å². The highest BCUT2D eigenvalue weighted by atomic mass is 35.5. The maximum atomic E-state index is 14.8. The number of hydrogen-bond donors (Lipinski definition) is 1. The molecule has 3 aromatic heterocycles. The van der Waals surface area contributed by atoms with Gasteiger partial charge in [0.25, 0.3) is 0 Å². The summed E-state index contributed by atoms with van der Waals surface area (Å²) < 4.78 is 27.1. The highest BCUT2D eigenvalue weighted by Crippen LogP contribution is 2.41. The number of ether oxygens (including phenoxy) is 2. The molecule has 42 heavy (non-hydrogen) atoms. The van der Waals surface area contributed by atoms with Gasteiger partial charge in [-0.2, -0.15) is 15.1 Å². The lowest BCUT2D eigenvalue weighted by Gasteiger charge is -2.35. The number of hydrogen-bond acceptors (Lipinski definition) is 9. The van der Waals surface area contributed by atoms with Gasteiger partial charge in [0.2, 0.25) is 5.91 Å². The van der Waals surface area contributed by atoms with E-state index in [9.17, 15) is 9.18 Å². The van der Waals surface area contributed by atoms with E-state index in [-0.39, 0.29) is 39.9 Å². The van der Waals surface area contributed by atoms with Crippen LogP contribution in [-0.4, -0.2) is 106 Å². The van der Waals surface area contributed by atoms with Crippen molar-refractivity contribution in [2.24, 2.45) is 0 Å². The molecule has 5 heterocycles. The molecule has 2 saturated heterocycles. The zero-order valence-corrected chi connectivity index (χ0v) is 24.6. The second-order valence-electron chi connectivity index (χ2n) is 10.3. The first-order chi connectivity index (χ1) is 20.3. The third-order valence-electron chi connectivity index (χ3n) is 7.58. The first kappa shape index (κ1) is 28.5. The Hall–Kier alpha value is -3.58. The highest BCUT2D eigenvalue weighted by Gasteiger charge is 2.34. The lowest BCUT2D eigenvalue weighted by molar-refractivity contribution is -0.126. The van der Waals surface area contributed by atoms with Crippen molar-refractivity contribution in [1.29, 1.82) is 0 Å². The van der Waals surface area contributed by atoms with Crippen LogP contribution in [0.25, 0.3) is 33.2 Å². The van der Waals surface area contributed by atoms with Crippen molar-refractivity contribution in [2.75, 3.05) is 57.8 Å². The Labute approximate surface area is 251 Å². The second kappa shape index (κ2) is 11.6. The third-order valence-corrected chi connectivity index (χ3v) is 8.23. The number of amides is 1. The lowest BCUT2D eigenvalue weighted by atomic mass is 10.1. The number of benzene rings is 1. The molecule has 220 valence electrons. The molecular weight excluding hydrogens is 586 g/mol. The van der Waals surface area contributed by atoms with Gasteiger partial charge in [0, 0.05) is 62.9 Å². The number of likely N-dealkylation sites (N-methyl/N-ethyl adjacent to an activating group) is 1. The maximum Gasteiger partial charge on any atom is 0.320 e. The van der Waals surface area contributed by atoms with Gasteiger partial charge in [-0.05, 0) is 26.1 Å². The van der Waals surface area contributed by atoms with Crippen LogP contribution in [0.3, 0.4) is 0 Å². The van der Waals surface area contributed by atoms with Crippen molar-refractivity contribution >= 4 is 56.9 Å². The number of carbonyl (C=O) groups is 1. The molecule has 0 spiro atoms. The molecule has 0 bridgehead atoms. The number of nitrogens with one attached hydrogen (secondary N) is 1. The number of anilines is 1. The molecule has 1 amide bonds. The smallest absolute Gasteiger partial charge is 0.320 e. The molecule has 4 aromatic rings. The molecule has 0 radical (unpaired) electrons. The van der Waals surface area contributed by atoms with E-state index in [1.54, 1.807) is 17.2 Å². The van der Waals surface area contributed by atoms with Crippen LogP contribution in [0.15, 0.2) is 31.0 Å². The molecule has 2 aliphatic heterocycles. The minimum Gasteiger partial charge on any atom is -0.456 e. The number of piperazine rings is 1. The summed E-state index contributed by atoms with van der Waals surface area (Å²) in [5.41, 5.74) is 1.32. The van der Waals surface area contributed by atoms with E-state index in [0.717, 1.165) is 6.54 Å². The van der Waals surface area contributed by atoms with Crippen LogP contribution < -0.4 is 9.64 Å². The summed E-state index contributed by atoms with van der Waals surface area (Å²) in [7, 11) is 2.00. The minimum atomic E-state index is -0.631. The van der Waals surface area contributed by atoms with Crippen LogP contribution in [0.2, 0.25) is 10.0 Å². The Morgan fingerprint density at radius 1 is 1.14 bits per heavy atom. The van der Waals surface area contributed by atoms with Crippen molar-refractivity contribution in [3.8, 4) is 17.3 Å². The molecule has 1 N–H and O–H groups in total. The average molecular weight is 615 g/mol. The Bertz CT molecular complexity index is 1680. The molecule has 1 aromatic carbocycles. The first-order valence-corrected chi connectivity index (χ1v) is 14.4. The summed E-state index contributed by atoms with van der Waals surface area (Å²) >= 11 is 13.3. The predicted molar refractivity (Wildman–Crippen MR) is 159 cm³/mol. The number of likely N-dealkylation sites (tertiary alicyclic amines) is 1. The van der Waals surface area contributed by atoms with Gasteiger partial charge in [0.05, 0.1) is 32.8 Å². The molecule has 6 rings (SSSR count). The monoisotopic (exact) mass is 614 g/mol. The predicted octanol–water partition coefficient (Wildman–Crippen LogP) is 3.95. The van der Waals surface area contributed by atoms with Gasteiger partial charge < -0.3 is 19.3 Å². The normalized spacial score (nSPS) is 19.6. The van der Waals surface area contributed by atoms with E-state index in [1.807, 2.05) is 18.9 Å². The van der Waals surface area contributed by atoms with Gasteiger partial charge >= 0.3 is 6.01 Å². The number of rotatable bonds is 7. The molecule has 2 fully saturated rings. The van der Waals surface area contributed by atoms with Gasteiger partial charge in [-0.25, -0.2) is 9.37 Å². The number of nitrogens with zero attached hydrogens (tertiary/aromatic N) is 7. The molecular formula is C28H29Cl2FN8O3. The van der Waals surface area contributed by atoms with Gasteiger partial charge in [0.1, 0.15) is 23.8 Å². The standard InChI is InChI=1S/C28H29Cl2FN8O3/c1-4-22(40)38-6-8-39(9-7-38)27-15-10-17(29)25(23-16-12-32-36-19(16)11-18(31)24(23)30)33-26(15)34-28(35-27)42-21-14-37(3)13-20(21)41-5-2/h4,10-12,20-21H,1,5-9,13-14H2,2-3H3,(H,32,36)/t20-,21-/m1/s1.